The molecule has 6 nitrogen and oxygen atoms in total. The van der Waals surface area contributed by atoms with Crippen molar-refractivity contribution < 1.29 is 9.47 Å². The Labute approximate surface area is 124 Å². The smallest absolute Gasteiger partial charge is 0.327 e. The van der Waals surface area contributed by atoms with E-state index in [1.54, 1.807) is 7.11 Å². The third-order valence-electron chi connectivity index (χ3n) is 2.81. The Morgan fingerprint density at radius 1 is 1.00 bits per heavy atom. The van der Waals surface area contributed by atoms with Crippen molar-refractivity contribution >= 4 is 5.95 Å². The molecule has 0 aliphatic rings. The lowest BCUT2D eigenvalue weighted by Gasteiger charge is -2.14. The van der Waals surface area contributed by atoms with Crippen LogP contribution in [0.3, 0.4) is 0 Å². The predicted molar refractivity (Wildman–Crippen MR) is 81.3 cm³/mol. The van der Waals surface area contributed by atoms with E-state index in [0.29, 0.717) is 23.3 Å². The number of aromatic nitrogens is 3. The van der Waals surface area contributed by atoms with E-state index in [2.05, 4.69) is 15.0 Å². The van der Waals surface area contributed by atoms with E-state index in [-0.39, 0.29) is 11.9 Å². The van der Waals surface area contributed by atoms with Crippen molar-refractivity contribution in [2.45, 2.75) is 19.8 Å². The van der Waals surface area contributed by atoms with Gasteiger partial charge in [-0.25, -0.2) is 0 Å². The summed E-state index contributed by atoms with van der Waals surface area (Å²) in [5.74, 6) is 2.66. The number of anilines is 1. The molecule has 0 aliphatic carbocycles. The molecule has 2 rings (SSSR count). The van der Waals surface area contributed by atoms with E-state index in [4.69, 9.17) is 9.47 Å². The molecular weight excluding hydrogens is 268 g/mol. The van der Waals surface area contributed by atoms with Crippen LogP contribution in [0.4, 0.5) is 5.95 Å². The van der Waals surface area contributed by atoms with E-state index in [1.807, 2.05) is 57.1 Å². The van der Waals surface area contributed by atoms with Gasteiger partial charge in [0.05, 0.1) is 7.11 Å². The number of nitrogens with zero attached hydrogens (tertiary/aromatic N) is 4. The molecule has 6 heteroatoms. The van der Waals surface area contributed by atoms with Gasteiger partial charge in [0.25, 0.3) is 0 Å². The van der Waals surface area contributed by atoms with Gasteiger partial charge in [-0.1, -0.05) is 26.0 Å². The van der Waals surface area contributed by atoms with E-state index in [1.165, 1.54) is 0 Å². The maximum absolute atomic E-state index is 5.77. The highest BCUT2D eigenvalue weighted by Gasteiger charge is 2.13. The summed E-state index contributed by atoms with van der Waals surface area (Å²) in [6.07, 6.45) is 0. The van der Waals surface area contributed by atoms with Gasteiger partial charge in [-0.3, -0.25) is 0 Å². The van der Waals surface area contributed by atoms with E-state index in [0.717, 1.165) is 0 Å². The number of methoxy groups -OCH3 is 1. The summed E-state index contributed by atoms with van der Waals surface area (Å²) in [5.41, 5.74) is 0. The molecule has 0 spiro atoms. The van der Waals surface area contributed by atoms with Crippen LogP contribution in [0.25, 0.3) is 0 Å². The topological polar surface area (TPSA) is 60.4 Å². The molecule has 0 unspecified atom stereocenters. The van der Waals surface area contributed by atoms with Crippen LogP contribution in [-0.2, 0) is 0 Å². The Hall–Kier alpha value is -2.37. The van der Waals surface area contributed by atoms with E-state index in [9.17, 15) is 0 Å². The van der Waals surface area contributed by atoms with Crippen LogP contribution < -0.4 is 14.4 Å². The standard InChI is InChI=1S/C15H20N4O2/c1-10(2)13-16-14(19(3)4)18-15(17-13)21-12-9-7-6-8-11(12)20-5/h6-10H,1-5H3. The Balaban J connectivity index is 2.39. The minimum absolute atomic E-state index is 0.187. The van der Waals surface area contributed by atoms with Crippen molar-refractivity contribution in [3.63, 3.8) is 0 Å². The molecular formula is C15H20N4O2. The fourth-order valence-corrected chi connectivity index (χ4v) is 1.67. The average Bonchev–Trinajstić information content (AvgIpc) is 2.47. The first-order chi connectivity index (χ1) is 10.0. The van der Waals surface area contributed by atoms with E-state index >= 15 is 0 Å². The second kappa shape index (κ2) is 6.39. The molecule has 1 aromatic carbocycles. The van der Waals surface area contributed by atoms with Crippen molar-refractivity contribution in [1.29, 1.82) is 0 Å². The zero-order chi connectivity index (χ0) is 15.4. The molecule has 0 N–H and O–H groups in total. The van der Waals surface area contributed by atoms with Gasteiger partial charge < -0.3 is 14.4 Å². The SMILES string of the molecule is COc1ccccc1Oc1nc(C(C)C)nc(N(C)C)n1. The maximum Gasteiger partial charge on any atom is 0.327 e. The van der Waals surface area contributed by atoms with Crippen LogP contribution in [0, 0.1) is 0 Å². The largest absolute Gasteiger partial charge is 0.493 e. The van der Waals surface area contributed by atoms with Crippen LogP contribution in [0.1, 0.15) is 25.6 Å². The Morgan fingerprint density at radius 2 is 1.67 bits per heavy atom. The molecule has 0 atom stereocenters. The fraction of sp³-hybridized carbons (Fsp3) is 0.400. The van der Waals surface area contributed by atoms with Gasteiger partial charge in [0.1, 0.15) is 5.82 Å². The Bertz CT molecular complexity index is 588. The highest BCUT2D eigenvalue weighted by Crippen LogP contribution is 2.30. The molecule has 0 aliphatic heterocycles. The molecule has 1 heterocycles. The van der Waals surface area contributed by atoms with Gasteiger partial charge in [0, 0.05) is 20.0 Å². The molecule has 1 aromatic heterocycles. The number of rotatable bonds is 5. The second-order valence-corrected chi connectivity index (χ2v) is 5.08. The Morgan fingerprint density at radius 3 is 2.24 bits per heavy atom. The van der Waals surface area contributed by atoms with Gasteiger partial charge in [-0.15, -0.1) is 0 Å². The minimum Gasteiger partial charge on any atom is -0.493 e. The van der Waals surface area contributed by atoms with Crippen molar-refractivity contribution in [2.75, 3.05) is 26.1 Å². The normalized spacial score (nSPS) is 10.6. The van der Waals surface area contributed by atoms with Crippen LogP contribution in [-0.4, -0.2) is 36.2 Å². The molecule has 0 fully saturated rings. The maximum atomic E-state index is 5.77. The van der Waals surface area contributed by atoms with Gasteiger partial charge in [0.15, 0.2) is 11.5 Å². The lowest BCUT2D eigenvalue weighted by atomic mass is 10.2. The summed E-state index contributed by atoms with van der Waals surface area (Å²) < 4.78 is 11.0. The lowest BCUT2D eigenvalue weighted by Crippen LogP contribution is -2.15. The van der Waals surface area contributed by atoms with Crippen molar-refractivity contribution in [3.05, 3.63) is 30.1 Å². The predicted octanol–water partition coefficient (Wildman–Crippen LogP) is 2.86. The summed E-state index contributed by atoms with van der Waals surface area (Å²) in [6, 6.07) is 7.65. The van der Waals surface area contributed by atoms with Crippen LogP contribution in [0.2, 0.25) is 0 Å². The molecule has 0 saturated heterocycles. The van der Waals surface area contributed by atoms with Gasteiger partial charge in [0.2, 0.25) is 5.95 Å². The highest BCUT2D eigenvalue weighted by atomic mass is 16.5. The summed E-state index contributed by atoms with van der Waals surface area (Å²) >= 11 is 0. The third-order valence-corrected chi connectivity index (χ3v) is 2.81. The van der Waals surface area contributed by atoms with Gasteiger partial charge in [-0.2, -0.15) is 15.0 Å². The lowest BCUT2D eigenvalue weighted by molar-refractivity contribution is 0.366. The fourth-order valence-electron chi connectivity index (χ4n) is 1.67. The van der Waals surface area contributed by atoms with E-state index < -0.39 is 0 Å². The summed E-state index contributed by atoms with van der Waals surface area (Å²) in [6.45, 7) is 4.06. The molecule has 112 valence electrons. The number of ether oxygens (including phenoxy) is 2. The summed E-state index contributed by atoms with van der Waals surface area (Å²) in [7, 11) is 5.36. The average molecular weight is 288 g/mol. The number of hydrogen-bond donors (Lipinski definition) is 0. The first kappa shape index (κ1) is 15.0. The summed E-state index contributed by atoms with van der Waals surface area (Å²) in [4.78, 5) is 14.9. The molecule has 0 radical (unpaired) electrons. The van der Waals surface area contributed by atoms with Crippen LogP contribution in [0.15, 0.2) is 24.3 Å². The first-order valence-corrected chi connectivity index (χ1v) is 6.75. The zero-order valence-corrected chi connectivity index (χ0v) is 13.0. The molecule has 0 amide bonds. The monoisotopic (exact) mass is 288 g/mol. The number of hydrogen-bond acceptors (Lipinski definition) is 6. The molecule has 21 heavy (non-hydrogen) atoms. The highest BCUT2D eigenvalue weighted by molar-refractivity contribution is 5.41. The van der Waals surface area contributed by atoms with Crippen LogP contribution >= 0.6 is 0 Å². The zero-order valence-electron chi connectivity index (χ0n) is 13.0. The van der Waals surface area contributed by atoms with Crippen LogP contribution in [0.5, 0.6) is 17.5 Å². The Kier molecular flexibility index (Phi) is 4.57. The minimum atomic E-state index is 0.187. The first-order valence-electron chi connectivity index (χ1n) is 6.75. The summed E-state index contributed by atoms with van der Waals surface area (Å²) in [5, 5.41) is 0. The second-order valence-electron chi connectivity index (χ2n) is 5.08. The quantitative estimate of drug-likeness (QED) is 0.843. The van der Waals surface area contributed by atoms with Gasteiger partial charge in [-0.05, 0) is 12.1 Å². The third kappa shape index (κ3) is 3.59. The van der Waals surface area contributed by atoms with Crippen molar-refractivity contribution in [3.8, 4) is 17.5 Å². The molecule has 2 aromatic rings. The number of benzene rings is 1. The van der Waals surface area contributed by atoms with Crippen molar-refractivity contribution in [1.82, 2.24) is 15.0 Å². The molecule has 0 bridgehead atoms. The van der Waals surface area contributed by atoms with Crippen molar-refractivity contribution in [2.24, 2.45) is 0 Å². The molecule has 0 saturated carbocycles. The number of para-hydroxylation sites is 2. The van der Waals surface area contributed by atoms with Gasteiger partial charge >= 0.3 is 6.01 Å².